The highest BCUT2D eigenvalue weighted by Gasteiger charge is 2.16. The summed E-state index contributed by atoms with van der Waals surface area (Å²) in [5.74, 6) is 0.0205. The van der Waals surface area contributed by atoms with Crippen LogP contribution >= 0.6 is 22.6 Å². The summed E-state index contributed by atoms with van der Waals surface area (Å²) in [6.45, 7) is 7.87. The lowest BCUT2D eigenvalue weighted by Crippen LogP contribution is -2.20. The summed E-state index contributed by atoms with van der Waals surface area (Å²) in [5.41, 5.74) is 5.00. The SMILES string of the molecule is CCOc1cc(/C=C(/C#N)C(=O)Nc2ccccc2C)cc(I)c1OCC(=O)Nc1ccc(C)c(C)c1. The van der Waals surface area contributed by atoms with Gasteiger partial charge in [0.2, 0.25) is 0 Å². The molecule has 0 saturated carbocycles. The number of nitriles is 1. The van der Waals surface area contributed by atoms with Crippen LogP contribution in [0.1, 0.15) is 29.2 Å². The molecule has 190 valence electrons. The van der Waals surface area contributed by atoms with Crippen molar-refractivity contribution in [3.8, 4) is 17.6 Å². The Hall–Kier alpha value is -3.84. The predicted molar refractivity (Wildman–Crippen MR) is 154 cm³/mol. The average Bonchev–Trinajstić information content (AvgIpc) is 2.85. The van der Waals surface area contributed by atoms with Crippen molar-refractivity contribution in [1.29, 1.82) is 5.26 Å². The van der Waals surface area contributed by atoms with E-state index in [-0.39, 0.29) is 18.1 Å². The molecule has 3 aromatic carbocycles. The maximum atomic E-state index is 12.7. The molecule has 7 nitrogen and oxygen atoms in total. The number of benzene rings is 3. The summed E-state index contributed by atoms with van der Waals surface area (Å²) in [4.78, 5) is 25.2. The number of rotatable bonds is 9. The number of hydrogen-bond acceptors (Lipinski definition) is 5. The molecule has 2 amide bonds. The Morgan fingerprint density at radius 1 is 0.973 bits per heavy atom. The average molecular weight is 609 g/mol. The smallest absolute Gasteiger partial charge is 0.266 e. The first kappa shape index (κ1) is 27.7. The number of hydrogen-bond donors (Lipinski definition) is 2. The van der Waals surface area contributed by atoms with Crippen molar-refractivity contribution in [3.05, 3.63) is 86.0 Å². The molecule has 3 aromatic rings. The fraction of sp³-hybridized carbons (Fsp3) is 0.207. The third kappa shape index (κ3) is 7.57. The van der Waals surface area contributed by atoms with Gasteiger partial charge in [0.05, 0.1) is 10.2 Å². The minimum atomic E-state index is -0.506. The zero-order chi connectivity index (χ0) is 26.9. The Bertz CT molecular complexity index is 1390. The molecule has 2 N–H and O–H groups in total. The van der Waals surface area contributed by atoms with Gasteiger partial charge in [0, 0.05) is 11.4 Å². The molecular formula is C29H28IN3O4. The molecule has 3 rings (SSSR count). The molecule has 0 atom stereocenters. The largest absolute Gasteiger partial charge is 0.490 e. The van der Waals surface area contributed by atoms with Crippen LogP contribution in [-0.4, -0.2) is 25.0 Å². The van der Waals surface area contributed by atoms with E-state index in [1.54, 1.807) is 18.2 Å². The van der Waals surface area contributed by atoms with Gasteiger partial charge in [-0.05, 0) is 109 Å². The second kappa shape index (κ2) is 12.9. The molecule has 0 aromatic heterocycles. The quantitative estimate of drug-likeness (QED) is 0.172. The summed E-state index contributed by atoms with van der Waals surface area (Å²) in [6.07, 6.45) is 1.49. The van der Waals surface area contributed by atoms with E-state index in [9.17, 15) is 14.9 Å². The Morgan fingerprint density at radius 2 is 1.73 bits per heavy atom. The van der Waals surface area contributed by atoms with Crippen molar-refractivity contribution in [1.82, 2.24) is 0 Å². The van der Waals surface area contributed by atoms with Gasteiger partial charge in [-0.2, -0.15) is 5.26 Å². The van der Waals surface area contributed by atoms with Gasteiger partial charge < -0.3 is 20.1 Å². The first-order chi connectivity index (χ1) is 17.7. The maximum absolute atomic E-state index is 12.7. The van der Waals surface area contributed by atoms with E-state index in [4.69, 9.17) is 9.47 Å². The Labute approximate surface area is 230 Å². The fourth-order valence-electron chi connectivity index (χ4n) is 3.45. The number of para-hydroxylation sites is 1. The molecule has 0 fully saturated rings. The summed E-state index contributed by atoms with van der Waals surface area (Å²) < 4.78 is 12.2. The first-order valence-electron chi connectivity index (χ1n) is 11.7. The van der Waals surface area contributed by atoms with Crippen LogP contribution < -0.4 is 20.1 Å². The molecule has 0 spiro atoms. The molecule has 0 saturated heterocycles. The molecule has 0 bridgehead atoms. The number of nitrogens with one attached hydrogen (secondary N) is 2. The third-order valence-corrected chi connectivity index (χ3v) is 6.34. The van der Waals surface area contributed by atoms with Gasteiger partial charge >= 0.3 is 0 Å². The molecule has 8 heteroatoms. The number of carbonyl (C=O) groups is 2. The molecule has 37 heavy (non-hydrogen) atoms. The van der Waals surface area contributed by atoms with Crippen molar-refractivity contribution in [2.75, 3.05) is 23.8 Å². The highest BCUT2D eigenvalue weighted by atomic mass is 127. The molecule has 0 aliphatic carbocycles. The Morgan fingerprint density at radius 3 is 2.41 bits per heavy atom. The highest BCUT2D eigenvalue weighted by molar-refractivity contribution is 14.1. The molecule has 0 aliphatic rings. The summed E-state index contributed by atoms with van der Waals surface area (Å²) in [7, 11) is 0. The minimum absolute atomic E-state index is 0.0528. The van der Waals surface area contributed by atoms with Gasteiger partial charge in [-0.25, -0.2) is 0 Å². The second-order valence-electron chi connectivity index (χ2n) is 8.34. The summed E-state index contributed by atoms with van der Waals surface area (Å²) in [6, 6.07) is 18.5. The number of aryl methyl sites for hydroxylation is 3. The van der Waals surface area contributed by atoms with Crippen LogP contribution in [0.25, 0.3) is 6.08 Å². The van der Waals surface area contributed by atoms with Gasteiger partial charge in [0.15, 0.2) is 18.1 Å². The zero-order valence-corrected chi connectivity index (χ0v) is 23.3. The van der Waals surface area contributed by atoms with Crippen molar-refractivity contribution in [2.45, 2.75) is 27.7 Å². The van der Waals surface area contributed by atoms with Crippen LogP contribution in [0.2, 0.25) is 0 Å². The lowest BCUT2D eigenvalue weighted by molar-refractivity contribution is -0.118. The van der Waals surface area contributed by atoms with Crippen molar-refractivity contribution < 1.29 is 19.1 Å². The van der Waals surface area contributed by atoms with Gasteiger partial charge in [-0.1, -0.05) is 24.3 Å². The van der Waals surface area contributed by atoms with Crippen LogP contribution in [0.4, 0.5) is 11.4 Å². The second-order valence-corrected chi connectivity index (χ2v) is 9.50. The number of carbonyl (C=O) groups excluding carboxylic acids is 2. The van der Waals surface area contributed by atoms with Gasteiger partial charge in [-0.15, -0.1) is 0 Å². The van der Waals surface area contributed by atoms with Crippen LogP contribution in [0, 0.1) is 35.7 Å². The standard InChI is InChI=1S/C29H28IN3O4/c1-5-36-26-15-21(13-22(16-31)29(35)33-25-9-7-6-8-19(25)3)14-24(30)28(26)37-17-27(34)32-23-11-10-18(2)20(4)12-23/h6-15H,5,17H2,1-4H3,(H,32,34)(H,33,35)/b22-13-. The third-order valence-electron chi connectivity index (χ3n) is 5.54. The molecule has 0 unspecified atom stereocenters. The fourth-order valence-corrected chi connectivity index (χ4v) is 4.23. The zero-order valence-electron chi connectivity index (χ0n) is 21.1. The lowest BCUT2D eigenvalue weighted by Gasteiger charge is -2.15. The van der Waals surface area contributed by atoms with E-state index in [1.165, 1.54) is 6.08 Å². The van der Waals surface area contributed by atoms with E-state index in [0.717, 1.165) is 16.7 Å². The van der Waals surface area contributed by atoms with E-state index in [0.29, 0.717) is 38.6 Å². The number of nitrogens with zero attached hydrogens (tertiary/aromatic N) is 1. The van der Waals surface area contributed by atoms with Gasteiger partial charge in [-0.3, -0.25) is 9.59 Å². The maximum Gasteiger partial charge on any atom is 0.266 e. The number of halogens is 1. The van der Waals surface area contributed by atoms with Crippen LogP contribution in [0.15, 0.2) is 60.2 Å². The normalized spacial score (nSPS) is 10.9. The molecule has 0 heterocycles. The van der Waals surface area contributed by atoms with Crippen molar-refractivity contribution >= 4 is 51.9 Å². The predicted octanol–water partition coefficient (Wildman–Crippen LogP) is 6.18. The van der Waals surface area contributed by atoms with E-state index in [2.05, 4.69) is 33.2 Å². The van der Waals surface area contributed by atoms with E-state index >= 15 is 0 Å². The number of ether oxygens (including phenoxy) is 2. The molecular weight excluding hydrogens is 581 g/mol. The van der Waals surface area contributed by atoms with Crippen LogP contribution in [-0.2, 0) is 9.59 Å². The topological polar surface area (TPSA) is 100 Å². The Balaban J connectivity index is 1.77. The van der Waals surface area contributed by atoms with Crippen LogP contribution in [0.3, 0.4) is 0 Å². The summed E-state index contributed by atoms with van der Waals surface area (Å²) in [5, 5.41) is 15.2. The number of amides is 2. The molecule has 0 radical (unpaired) electrons. The Kier molecular flexibility index (Phi) is 9.69. The monoisotopic (exact) mass is 609 g/mol. The highest BCUT2D eigenvalue weighted by Crippen LogP contribution is 2.35. The first-order valence-corrected chi connectivity index (χ1v) is 12.7. The number of anilines is 2. The van der Waals surface area contributed by atoms with E-state index < -0.39 is 5.91 Å². The minimum Gasteiger partial charge on any atom is -0.490 e. The summed E-state index contributed by atoms with van der Waals surface area (Å²) >= 11 is 2.08. The molecule has 0 aliphatic heterocycles. The van der Waals surface area contributed by atoms with Crippen LogP contribution in [0.5, 0.6) is 11.5 Å². The van der Waals surface area contributed by atoms with Crippen molar-refractivity contribution in [2.24, 2.45) is 0 Å². The lowest BCUT2D eigenvalue weighted by atomic mass is 10.1. The van der Waals surface area contributed by atoms with Gasteiger partial charge in [0.25, 0.3) is 11.8 Å². The van der Waals surface area contributed by atoms with E-state index in [1.807, 2.05) is 70.2 Å². The van der Waals surface area contributed by atoms with Gasteiger partial charge in [0.1, 0.15) is 11.6 Å². The van der Waals surface area contributed by atoms with Crippen molar-refractivity contribution in [3.63, 3.8) is 0 Å².